The molecule has 1 amide bonds. The predicted molar refractivity (Wildman–Crippen MR) is 375 cm³/mol. The van der Waals surface area contributed by atoms with Gasteiger partial charge in [-0.25, -0.2) is 0 Å². The summed E-state index contributed by atoms with van der Waals surface area (Å²) in [5.74, 6) is -0.0310. The quantitative estimate of drug-likeness (QED) is 0.0320. The van der Waals surface area contributed by atoms with Gasteiger partial charge in [-0.15, -0.1) is 0 Å². The van der Waals surface area contributed by atoms with Crippen molar-refractivity contribution in [3.8, 4) is 0 Å². The monoisotopic (exact) mass is 1200 g/mol. The van der Waals surface area contributed by atoms with E-state index in [4.69, 9.17) is 4.74 Å². The Bertz CT molecular complexity index is 1290. The normalized spacial score (nSPS) is 12.5. The summed E-state index contributed by atoms with van der Waals surface area (Å²) in [5, 5.41) is 23.2. The maximum absolute atomic E-state index is 12.5. The lowest BCUT2D eigenvalue weighted by Gasteiger charge is -2.20. The zero-order chi connectivity index (χ0) is 61.3. The van der Waals surface area contributed by atoms with Gasteiger partial charge in [0.15, 0.2) is 0 Å². The standard InChI is InChI=1S/C79H155NO5/c1-3-5-7-9-11-13-15-17-19-41-45-49-53-57-61-65-69-73-79(84)85-74-70-66-62-58-54-50-46-43-40-38-36-34-32-30-28-26-24-22-20-21-23-25-27-29-31-33-35-37-39-42-44-48-52-56-60-64-68-72-78(83)80-76(75-81)77(82)71-67-63-59-55-51-47-18-16-14-12-10-8-6-4-2/h67,71,76-77,81-82H,3-66,68-70,72-75H2,1-2H3,(H,80,83)/b71-67+. The molecule has 3 N–H and O–H groups in total. The van der Waals surface area contributed by atoms with Crippen LogP contribution in [0.25, 0.3) is 0 Å². The number of esters is 1. The van der Waals surface area contributed by atoms with E-state index in [0.717, 1.165) is 38.5 Å². The molecule has 2 unspecified atom stereocenters. The van der Waals surface area contributed by atoms with E-state index >= 15 is 0 Å². The highest BCUT2D eigenvalue weighted by Gasteiger charge is 2.18. The van der Waals surface area contributed by atoms with Gasteiger partial charge in [-0.2, -0.15) is 0 Å². The number of hydrogen-bond acceptors (Lipinski definition) is 5. The molecular formula is C79H155NO5. The molecule has 0 aromatic heterocycles. The van der Waals surface area contributed by atoms with E-state index in [-0.39, 0.29) is 18.5 Å². The van der Waals surface area contributed by atoms with Gasteiger partial charge >= 0.3 is 5.97 Å². The minimum atomic E-state index is -0.839. The molecule has 6 nitrogen and oxygen atoms in total. The first-order valence-corrected chi connectivity index (χ1v) is 39.5. The zero-order valence-electron chi connectivity index (χ0n) is 58.1. The van der Waals surface area contributed by atoms with Gasteiger partial charge in [0.1, 0.15) is 0 Å². The number of carbonyl (C=O) groups excluding carboxylic acids is 2. The van der Waals surface area contributed by atoms with E-state index in [2.05, 4.69) is 19.2 Å². The molecule has 0 fully saturated rings. The fourth-order valence-corrected chi connectivity index (χ4v) is 12.8. The van der Waals surface area contributed by atoms with Crippen molar-refractivity contribution >= 4 is 11.9 Å². The van der Waals surface area contributed by atoms with E-state index in [1.807, 2.05) is 6.08 Å². The van der Waals surface area contributed by atoms with E-state index in [0.29, 0.717) is 19.4 Å². The van der Waals surface area contributed by atoms with Gasteiger partial charge < -0.3 is 20.3 Å². The minimum Gasteiger partial charge on any atom is -0.466 e. The summed E-state index contributed by atoms with van der Waals surface area (Å²) in [4.78, 5) is 24.6. The lowest BCUT2D eigenvalue weighted by atomic mass is 10.0. The lowest BCUT2D eigenvalue weighted by Crippen LogP contribution is -2.45. The van der Waals surface area contributed by atoms with Crippen LogP contribution in [0.3, 0.4) is 0 Å². The van der Waals surface area contributed by atoms with Crippen molar-refractivity contribution in [1.82, 2.24) is 5.32 Å². The van der Waals surface area contributed by atoms with Gasteiger partial charge in [-0.1, -0.05) is 424 Å². The van der Waals surface area contributed by atoms with Gasteiger partial charge in [0.25, 0.3) is 0 Å². The van der Waals surface area contributed by atoms with Crippen LogP contribution in [0.4, 0.5) is 0 Å². The topological polar surface area (TPSA) is 95.9 Å². The zero-order valence-corrected chi connectivity index (χ0v) is 58.1. The minimum absolute atomic E-state index is 0.0283. The summed E-state index contributed by atoms with van der Waals surface area (Å²) in [6, 6.07) is -0.622. The number of carbonyl (C=O) groups is 2. The second kappa shape index (κ2) is 75.1. The lowest BCUT2D eigenvalue weighted by molar-refractivity contribution is -0.143. The Labute approximate surface area is 533 Å². The maximum Gasteiger partial charge on any atom is 0.305 e. The molecule has 0 aromatic carbocycles. The first-order valence-electron chi connectivity index (χ1n) is 39.5. The van der Waals surface area contributed by atoms with E-state index < -0.39 is 12.1 Å². The molecule has 85 heavy (non-hydrogen) atoms. The Balaban J connectivity index is 3.28. The smallest absolute Gasteiger partial charge is 0.305 e. The van der Waals surface area contributed by atoms with Crippen molar-refractivity contribution in [3.05, 3.63) is 12.2 Å². The van der Waals surface area contributed by atoms with Crippen molar-refractivity contribution in [2.45, 2.75) is 469 Å². The highest BCUT2D eigenvalue weighted by Crippen LogP contribution is 2.20. The first-order chi connectivity index (χ1) is 42.0. The SMILES string of the molecule is CCCCCCCCCCCCCC/C=C/C(O)C(CO)NC(=O)CCCCCCCCCCCCCCCCCCCCCCCCCCCCCCCCCCCCCCCOC(=O)CCCCCCCCCCCCCCCCCCC. The third-order valence-corrected chi connectivity index (χ3v) is 18.8. The fraction of sp³-hybridized carbons (Fsp3) is 0.949. The molecule has 0 saturated carbocycles. The summed E-state index contributed by atoms with van der Waals surface area (Å²) in [7, 11) is 0. The number of rotatable bonds is 75. The molecule has 0 rings (SSSR count). The number of unbranched alkanes of at least 4 members (excludes halogenated alkanes) is 64. The summed E-state index contributed by atoms with van der Waals surface area (Å²) in [6.07, 6.45) is 94.9. The Morgan fingerprint density at radius 1 is 0.318 bits per heavy atom. The van der Waals surface area contributed by atoms with E-state index in [1.54, 1.807) is 6.08 Å². The summed E-state index contributed by atoms with van der Waals surface area (Å²) in [5.41, 5.74) is 0. The molecule has 0 spiro atoms. The number of hydrogen-bond donors (Lipinski definition) is 3. The Morgan fingerprint density at radius 2 is 0.541 bits per heavy atom. The van der Waals surface area contributed by atoms with Crippen molar-refractivity contribution in [2.75, 3.05) is 13.2 Å². The Morgan fingerprint density at radius 3 is 0.800 bits per heavy atom. The molecule has 0 aliphatic carbocycles. The van der Waals surface area contributed by atoms with Crippen LogP contribution >= 0.6 is 0 Å². The maximum atomic E-state index is 12.5. The summed E-state index contributed by atoms with van der Waals surface area (Å²) >= 11 is 0. The average Bonchev–Trinajstić information content (AvgIpc) is 3.51. The molecule has 506 valence electrons. The molecule has 0 radical (unpaired) electrons. The summed E-state index contributed by atoms with van der Waals surface area (Å²) in [6.45, 7) is 4.96. The van der Waals surface area contributed by atoms with Crippen molar-refractivity contribution in [1.29, 1.82) is 0 Å². The molecule has 2 atom stereocenters. The van der Waals surface area contributed by atoms with Gasteiger partial charge in [0, 0.05) is 12.8 Å². The molecule has 6 heteroatoms. The molecular weight excluding hydrogens is 1040 g/mol. The van der Waals surface area contributed by atoms with Crippen LogP contribution in [0.5, 0.6) is 0 Å². The number of ether oxygens (including phenoxy) is 1. The van der Waals surface area contributed by atoms with Crippen LogP contribution in [0.1, 0.15) is 457 Å². The van der Waals surface area contributed by atoms with Crippen LogP contribution in [0.15, 0.2) is 12.2 Å². The van der Waals surface area contributed by atoms with Crippen LogP contribution in [0.2, 0.25) is 0 Å². The highest BCUT2D eigenvalue weighted by atomic mass is 16.5. The van der Waals surface area contributed by atoms with Gasteiger partial charge in [-0.3, -0.25) is 9.59 Å². The molecule has 0 heterocycles. The number of aliphatic hydroxyl groups is 2. The van der Waals surface area contributed by atoms with Crippen LogP contribution in [-0.4, -0.2) is 47.4 Å². The van der Waals surface area contributed by atoms with Gasteiger partial charge in [0.2, 0.25) is 5.91 Å². The summed E-state index contributed by atoms with van der Waals surface area (Å²) < 4.78 is 5.52. The molecule has 0 aliphatic heterocycles. The average molecular weight is 1200 g/mol. The highest BCUT2D eigenvalue weighted by molar-refractivity contribution is 5.76. The van der Waals surface area contributed by atoms with Crippen molar-refractivity contribution in [3.63, 3.8) is 0 Å². The number of amides is 1. The third-order valence-electron chi connectivity index (χ3n) is 18.8. The fourth-order valence-electron chi connectivity index (χ4n) is 12.8. The van der Waals surface area contributed by atoms with Crippen LogP contribution in [0, 0.1) is 0 Å². The molecule has 0 aromatic rings. The van der Waals surface area contributed by atoms with E-state index in [1.165, 1.54) is 392 Å². The van der Waals surface area contributed by atoms with E-state index in [9.17, 15) is 19.8 Å². The molecule has 0 aliphatic rings. The second-order valence-electron chi connectivity index (χ2n) is 27.4. The predicted octanol–water partition coefficient (Wildman–Crippen LogP) is 25.9. The largest absolute Gasteiger partial charge is 0.466 e. The van der Waals surface area contributed by atoms with Crippen LogP contribution < -0.4 is 5.32 Å². The Hall–Kier alpha value is -1.40. The van der Waals surface area contributed by atoms with Crippen LogP contribution in [-0.2, 0) is 14.3 Å². The number of nitrogens with one attached hydrogen (secondary N) is 1. The number of allylic oxidation sites excluding steroid dienone is 1. The van der Waals surface area contributed by atoms with Crippen molar-refractivity contribution < 1.29 is 24.5 Å². The Kier molecular flexibility index (Phi) is 73.8. The van der Waals surface area contributed by atoms with Gasteiger partial charge in [-0.05, 0) is 32.1 Å². The third kappa shape index (κ3) is 71.6. The number of aliphatic hydroxyl groups excluding tert-OH is 2. The second-order valence-corrected chi connectivity index (χ2v) is 27.4. The molecule has 0 saturated heterocycles. The van der Waals surface area contributed by atoms with Crippen molar-refractivity contribution in [2.24, 2.45) is 0 Å². The van der Waals surface area contributed by atoms with Gasteiger partial charge in [0.05, 0.1) is 25.4 Å². The first kappa shape index (κ1) is 83.6. The molecule has 0 bridgehead atoms.